The van der Waals surface area contributed by atoms with Gasteiger partial charge in [0.15, 0.2) is 0 Å². The molecule has 12 atom stereocenters. The zero-order chi connectivity index (χ0) is 45.2. The number of methoxy groups -OCH3 is 1. The number of nitrogens with zero attached hydrogens (tertiary/aromatic N) is 1. The van der Waals surface area contributed by atoms with Gasteiger partial charge in [0.25, 0.3) is 0 Å². The maximum Gasteiger partial charge on any atom is 0.135 e. The predicted molar refractivity (Wildman–Crippen MR) is 239 cm³/mol. The van der Waals surface area contributed by atoms with E-state index in [0.29, 0.717) is 83.3 Å². The Labute approximate surface area is 369 Å². The van der Waals surface area contributed by atoms with Gasteiger partial charge in [0.1, 0.15) is 11.9 Å². The maximum atomic E-state index is 12.5. The van der Waals surface area contributed by atoms with Gasteiger partial charge in [0.2, 0.25) is 0 Å². The number of carbonyl (C=O) groups excluding carboxylic acids is 1. The number of likely N-dealkylation sites (N-methyl/N-ethyl adjacent to an activating group) is 1. The van der Waals surface area contributed by atoms with Crippen LogP contribution >= 0.6 is 0 Å². The largest absolute Gasteiger partial charge is 0.400 e. The second kappa shape index (κ2) is 32.3. The van der Waals surface area contributed by atoms with Crippen LogP contribution < -0.4 is 5.73 Å². The van der Waals surface area contributed by atoms with E-state index in [2.05, 4.69) is 20.1 Å². The van der Waals surface area contributed by atoms with Crippen LogP contribution in [0.5, 0.6) is 0 Å². The van der Waals surface area contributed by atoms with Crippen LogP contribution in [-0.4, -0.2) is 175 Å². The Kier molecular flexibility index (Phi) is 29.5. The van der Waals surface area contributed by atoms with Gasteiger partial charge < -0.3 is 63.8 Å². The third kappa shape index (κ3) is 21.4. The minimum absolute atomic E-state index is 0.0540. The number of carbonyl (C=O) groups is 1. The first-order valence-corrected chi connectivity index (χ1v) is 23.3. The molecule has 5 aliphatic heterocycles. The van der Waals surface area contributed by atoms with Crippen LogP contribution in [0.1, 0.15) is 98.3 Å². The molecule has 1 saturated carbocycles. The normalized spacial score (nSPS) is 31.1. The molecule has 358 valence electrons. The Hall–Kier alpha value is -1.37. The van der Waals surface area contributed by atoms with Crippen molar-refractivity contribution in [3.63, 3.8) is 0 Å². The van der Waals surface area contributed by atoms with Crippen LogP contribution in [0, 0.1) is 23.7 Å². The smallest absolute Gasteiger partial charge is 0.135 e. The average Bonchev–Trinajstić information content (AvgIpc) is 3.49. The molecule has 0 aromatic heterocycles. The van der Waals surface area contributed by atoms with Crippen LogP contribution in [0.3, 0.4) is 0 Å². The summed E-state index contributed by atoms with van der Waals surface area (Å²) in [7, 11) is 4.75. The van der Waals surface area contributed by atoms with Gasteiger partial charge in [-0.3, -0.25) is 4.79 Å². The summed E-state index contributed by atoms with van der Waals surface area (Å²) < 4.78 is 45.2. The molecule has 0 bridgehead atoms. The lowest BCUT2D eigenvalue weighted by atomic mass is 9.90. The second-order valence-corrected chi connectivity index (χ2v) is 17.3. The van der Waals surface area contributed by atoms with E-state index in [1.54, 1.807) is 14.0 Å². The third-order valence-electron chi connectivity index (χ3n) is 12.2. The van der Waals surface area contributed by atoms with Crippen LogP contribution in [0.4, 0.5) is 0 Å². The standard InChI is InChI=1S/C27H42O7.C10H24N2O3.C7H12O.C2H6.CH4O/c1-16-11-20(32-14-16)4-3-19(30-2)5-7-22-24-25(29)27-23(34-26(22)24)8-6-21(33-27)13-18(28)12-17-9-10-31-15-17;1-10(13)9-12(2)4-6-15-8-7-14-5-3-11;1-6-3-4-8-5-7(6)2;2*1-2/h17,19-27,29H,1,3-15H2,2H3;10,13H,3-9,11H2,1-2H3;6H,2-5H2,1H3;1-2H3;2H,1H3. The van der Waals surface area contributed by atoms with E-state index in [1.165, 1.54) is 11.1 Å². The van der Waals surface area contributed by atoms with E-state index < -0.39 is 6.10 Å². The summed E-state index contributed by atoms with van der Waals surface area (Å²) in [6.45, 7) is 24.2. The quantitative estimate of drug-likeness (QED) is 0.0918. The summed E-state index contributed by atoms with van der Waals surface area (Å²) in [6.07, 6.45) is 9.12. The number of ketones is 1. The minimum atomic E-state index is -0.506. The summed E-state index contributed by atoms with van der Waals surface area (Å²) in [5, 5.41) is 27.2. The fourth-order valence-electron chi connectivity index (χ4n) is 8.65. The van der Waals surface area contributed by atoms with Gasteiger partial charge >= 0.3 is 0 Å². The van der Waals surface area contributed by atoms with Crippen molar-refractivity contribution in [1.29, 1.82) is 0 Å². The summed E-state index contributed by atoms with van der Waals surface area (Å²) >= 11 is 0. The maximum absolute atomic E-state index is 12.5. The molecular weight excluding hydrogens is 785 g/mol. The summed E-state index contributed by atoms with van der Waals surface area (Å²) in [5.41, 5.74) is 7.69. The van der Waals surface area contributed by atoms with Crippen molar-refractivity contribution in [2.45, 2.75) is 147 Å². The van der Waals surface area contributed by atoms with Crippen LogP contribution in [-0.2, 0) is 42.7 Å². The van der Waals surface area contributed by atoms with Gasteiger partial charge in [0.05, 0.1) is 82.4 Å². The SMILES string of the molecule is C=C1COC(CCC(CCC2C3OC4CCC(CC(=O)CC5CCOC5)OC4C(O)C23)OC)C1.C=C1COCCC1C.CC.CC(O)CN(C)CCOCCOCCN.CO. The minimum Gasteiger partial charge on any atom is -0.400 e. The molecule has 14 heteroatoms. The topological polar surface area (TPSA) is 181 Å². The molecule has 0 amide bonds. The molecule has 1 aliphatic carbocycles. The lowest BCUT2D eigenvalue weighted by molar-refractivity contribution is -0.209. The number of hydrogen-bond donors (Lipinski definition) is 4. The van der Waals surface area contributed by atoms with E-state index >= 15 is 0 Å². The highest BCUT2D eigenvalue weighted by atomic mass is 16.6. The molecule has 0 spiro atoms. The fraction of sp³-hybridized carbons (Fsp3) is 0.894. The Morgan fingerprint density at radius 3 is 2.21 bits per heavy atom. The molecule has 0 aromatic rings. The van der Waals surface area contributed by atoms with Crippen molar-refractivity contribution in [3.8, 4) is 0 Å². The van der Waals surface area contributed by atoms with Crippen LogP contribution in [0.2, 0.25) is 0 Å². The molecule has 12 unspecified atom stereocenters. The molecule has 6 fully saturated rings. The lowest BCUT2D eigenvalue weighted by Gasteiger charge is -2.41. The summed E-state index contributed by atoms with van der Waals surface area (Å²) in [6, 6.07) is 0. The fourth-order valence-corrected chi connectivity index (χ4v) is 8.65. The van der Waals surface area contributed by atoms with Crippen molar-refractivity contribution in [1.82, 2.24) is 4.90 Å². The Morgan fingerprint density at radius 1 is 0.918 bits per heavy atom. The number of ether oxygens (including phenoxy) is 8. The zero-order valence-electron chi connectivity index (χ0n) is 39.1. The Balaban J connectivity index is 0.000000392. The first-order chi connectivity index (χ1) is 29.5. The summed E-state index contributed by atoms with van der Waals surface area (Å²) in [5.74, 6) is 1.81. The van der Waals surface area contributed by atoms with Crippen molar-refractivity contribution in [2.24, 2.45) is 29.4 Å². The number of nitrogens with two attached hydrogens (primary N) is 1. The molecule has 5 heterocycles. The van der Waals surface area contributed by atoms with Gasteiger partial charge in [-0.15, -0.1) is 0 Å². The number of Topliss-reactive ketones (excluding diaryl/α,β-unsaturated/α-hetero) is 1. The molecule has 61 heavy (non-hydrogen) atoms. The molecule has 5 saturated heterocycles. The van der Waals surface area contributed by atoms with Crippen LogP contribution in [0.15, 0.2) is 24.3 Å². The number of fused-ring (bicyclic) bond motifs is 2. The molecule has 6 rings (SSSR count). The number of hydrogen-bond acceptors (Lipinski definition) is 14. The number of aliphatic hydroxyl groups excluding tert-OH is 3. The second-order valence-electron chi connectivity index (χ2n) is 17.3. The van der Waals surface area contributed by atoms with Crippen LogP contribution in [0.25, 0.3) is 0 Å². The highest BCUT2D eigenvalue weighted by Crippen LogP contribution is 2.54. The molecule has 5 N–H and O–H groups in total. The molecule has 6 aliphatic rings. The average molecular weight is 873 g/mol. The van der Waals surface area contributed by atoms with Gasteiger partial charge in [-0.2, -0.15) is 0 Å². The first kappa shape index (κ1) is 55.8. The number of rotatable bonds is 21. The van der Waals surface area contributed by atoms with E-state index in [4.69, 9.17) is 53.8 Å². The van der Waals surface area contributed by atoms with E-state index in [-0.39, 0.29) is 54.4 Å². The van der Waals surface area contributed by atoms with Gasteiger partial charge in [0, 0.05) is 72.4 Å². The van der Waals surface area contributed by atoms with Crippen molar-refractivity contribution in [3.05, 3.63) is 24.3 Å². The van der Waals surface area contributed by atoms with Gasteiger partial charge in [-0.1, -0.05) is 33.9 Å². The first-order valence-electron chi connectivity index (χ1n) is 23.3. The van der Waals surface area contributed by atoms with E-state index in [0.717, 1.165) is 91.3 Å². The van der Waals surface area contributed by atoms with Crippen molar-refractivity contribution in [2.75, 3.05) is 100 Å². The van der Waals surface area contributed by atoms with Crippen molar-refractivity contribution < 1.29 is 58.0 Å². The van der Waals surface area contributed by atoms with Gasteiger partial charge in [-0.25, -0.2) is 0 Å². The molecular formula is C47H88N2O12. The Bertz CT molecular complexity index is 1170. The van der Waals surface area contributed by atoms with Gasteiger partial charge in [-0.05, 0) is 101 Å². The lowest BCUT2D eigenvalue weighted by Crippen LogP contribution is -2.52. The summed E-state index contributed by atoms with van der Waals surface area (Å²) in [4.78, 5) is 14.5. The van der Waals surface area contributed by atoms with E-state index in [1.807, 2.05) is 25.8 Å². The zero-order valence-corrected chi connectivity index (χ0v) is 39.1. The molecule has 0 radical (unpaired) electrons. The molecule has 0 aromatic carbocycles. The highest BCUT2D eigenvalue weighted by Gasteiger charge is 2.63. The predicted octanol–water partition coefficient (Wildman–Crippen LogP) is 4.74. The van der Waals surface area contributed by atoms with E-state index in [9.17, 15) is 9.90 Å². The monoisotopic (exact) mass is 873 g/mol. The Morgan fingerprint density at radius 2 is 1.62 bits per heavy atom. The number of aliphatic hydroxyl groups is 3. The third-order valence-corrected chi connectivity index (χ3v) is 12.2. The van der Waals surface area contributed by atoms with Crippen molar-refractivity contribution >= 4 is 5.78 Å². The highest BCUT2D eigenvalue weighted by molar-refractivity contribution is 5.79. The molecule has 14 nitrogen and oxygen atoms in total.